The first-order valence-corrected chi connectivity index (χ1v) is 6.98. The molecule has 21 heavy (non-hydrogen) atoms. The van der Waals surface area contributed by atoms with Gasteiger partial charge in [0.1, 0.15) is 6.04 Å². The molecule has 0 aromatic heterocycles. The highest BCUT2D eigenvalue weighted by Crippen LogP contribution is 2.20. The van der Waals surface area contributed by atoms with Crippen molar-refractivity contribution >= 4 is 23.6 Å². The summed E-state index contributed by atoms with van der Waals surface area (Å²) in [6.45, 7) is 5.68. The van der Waals surface area contributed by atoms with Gasteiger partial charge in [-0.2, -0.15) is 0 Å². The number of hydrogen-bond donors (Lipinski definition) is 2. The minimum Gasteiger partial charge on any atom is -0.480 e. The lowest BCUT2D eigenvalue weighted by atomic mass is 9.87. The zero-order valence-corrected chi connectivity index (χ0v) is 13.4. The molecule has 0 spiro atoms. The Balaban J connectivity index is 2.69. The van der Waals surface area contributed by atoms with Gasteiger partial charge < -0.3 is 15.3 Å². The molecule has 116 valence electrons. The van der Waals surface area contributed by atoms with Crippen LogP contribution in [0.1, 0.15) is 26.3 Å². The molecule has 2 amide bonds. The molecule has 5 nitrogen and oxygen atoms in total. The lowest BCUT2D eigenvalue weighted by molar-refractivity contribution is -0.142. The maximum atomic E-state index is 12.1. The third-order valence-electron chi connectivity index (χ3n) is 3.06. The van der Waals surface area contributed by atoms with E-state index in [4.69, 9.17) is 11.6 Å². The van der Waals surface area contributed by atoms with Crippen LogP contribution in [0.3, 0.4) is 0 Å². The number of urea groups is 1. The monoisotopic (exact) mass is 312 g/mol. The molecule has 0 heterocycles. The molecule has 0 bridgehead atoms. The number of hydrogen-bond acceptors (Lipinski definition) is 2. The van der Waals surface area contributed by atoms with Gasteiger partial charge in [0.15, 0.2) is 0 Å². The quantitative estimate of drug-likeness (QED) is 0.898. The van der Waals surface area contributed by atoms with Crippen molar-refractivity contribution in [2.24, 2.45) is 5.41 Å². The van der Waals surface area contributed by atoms with Gasteiger partial charge in [0.05, 0.1) is 0 Å². The number of carboxylic acids is 1. The maximum absolute atomic E-state index is 12.1. The van der Waals surface area contributed by atoms with Crippen molar-refractivity contribution in [1.29, 1.82) is 0 Å². The summed E-state index contributed by atoms with van der Waals surface area (Å²) in [6, 6.07) is 5.77. The summed E-state index contributed by atoms with van der Waals surface area (Å²) in [7, 11) is 1.62. The number of carbonyl (C=O) groups excluding carboxylic acids is 1. The van der Waals surface area contributed by atoms with E-state index in [-0.39, 0.29) is 0 Å². The molecule has 0 aliphatic rings. The van der Waals surface area contributed by atoms with Gasteiger partial charge in [-0.1, -0.05) is 44.5 Å². The summed E-state index contributed by atoms with van der Waals surface area (Å²) in [4.78, 5) is 24.8. The first-order chi connectivity index (χ1) is 9.61. The molecule has 0 unspecified atom stereocenters. The van der Waals surface area contributed by atoms with E-state index in [1.54, 1.807) is 40.0 Å². The number of nitrogens with one attached hydrogen (secondary N) is 1. The Morgan fingerprint density at radius 1 is 1.29 bits per heavy atom. The topological polar surface area (TPSA) is 69.6 Å². The molecule has 0 fully saturated rings. The number of halogens is 1. The summed E-state index contributed by atoms with van der Waals surface area (Å²) in [5.41, 5.74) is 0.350. The summed E-state index contributed by atoms with van der Waals surface area (Å²) >= 11 is 5.81. The van der Waals surface area contributed by atoms with Crippen molar-refractivity contribution in [1.82, 2.24) is 10.2 Å². The van der Waals surface area contributed by atoms with Gasteiger partial charge in [-0.15, -0.1) is 0 Å². The molecule has 1 atom stereocenters. The molecule has 0 aliphatic carbocycles. The van der Waals surface area contributed by atoms with Gasteiger partial charge >= 0.3 is 12.0 Å². The smallest absolute Gasteiger partial charge is 0.326 e. The summed E-state index contributed by atoms with van der Waals surface area (Å²) < 4.78 is 0. The van der Waals surface area contributed by atoms with Crippen molar-refractivity contribution in [2.75, 3.05) is 7.05 Å². The van der Waals surface area contributed by atoms with E-state index in [0.717, 1.165) is 5.56 Å². The Morgan fingerprint density at radius 2 is 1.81 bits per heavy atom. The van der Waals surface area contributed by atoms with Crippen LogP contribution in [-0.2, 0) is 11.3 Å². The number of amides is 2. The standard InChI is InChI=1S/C15H21ClN2O3/c1-15(2,3)12(13(19)20)17-14(21)18(4)9-10-5-7-11(16)8-6-10/h5-8,12H,9H2,1-4H3,(H,17,21)(H,19,20)/t12-/m0/s1. The Bertz CT molecular complexity index is 509. The molecule has 0 saturated carbocycles. The average Bonchev–Trinajstić information content (AvgIpc) is 2.36. The van der Waals surface area contributed by atoms with E-state index < -0.39 is 23.5 Å². The number of nitrogens with zero attached hydrogens (tertiary/aromatic N) is 1. The molecular formula is C15H21ClN2O3. The van der Waals surface area contributed by atoms with Gasteiger partial charge in [-0.25, -0.2) is 9.59 Å². The molecule has 2 N–H and O–H groups in total. The van der Waals surface area contributed by atoms with Crippen LogP contribution < -0.4 is 5.32 Å². The number of carbonyl (C=O) groups is 2. The molecule has 1 aromatic carbocycles. The zero-order valence-electron chi connectivity index (χ0n) is 12.7. The van der Waals surface area contributed by atoms with Gasteiger partial charge in [0.25, 0.3) is 0 Å². The molecule has 0 saturated heterocycles. The highest BCUT2D eigenvalue weighted by Gasteiger charge is 2.33. The maximum Gasteiger partial charge on any atom is 0.326 e. The van der Waals surface area contributed by atoms with E-state index in [1.165, 1.54) is 4.90 Å². The van der Waals surface area contributed by atoms with Crippen molar-refractivity contribution in [3.8, 4) is 0 Å². The Kier molecular flexibility index (Phi) is 5.61. The predicted molar refractivity (Wildman–Crippen MR) is 82.3 cm³/mol. The van der Waals surface area contributed by atoms with Gasteiger partial charge in [0.2, 0.25) is 0 Å². The van der Waals surface area contributed by atoms with Gasteiger partial charge in [0, 0.05) is 18.6 Å². The number of aliphatic carboxylic acids is 1. The van der Waals surface area contributed by atoms with E-state index >= 15 is 0 Å². The molecule has 1 rings (SSSR count). The number of rotatable bonds is 4. The SMILES string of the molecule is CN(Cc1ccc(Cl)cc1)C(=O)N[C@@H](C(=O)O)C(C)(C)C. The second-order valence-electron chi connectivity index (χ2n) is 6.07. The molecule has 0 radical (unpaired) electrons. The highest BCUT2D eigenvalue weighted by molar-refractivity contribution is 6.30. The fraction of sp³-hybridized carbons (Fsp3) is 0.467. The number of benzene rings is 1. The zero-order chi connectivity index (χ0) is 16.2. The molecule has 0 aliphatic heterocycles. The van der Waals surface area contributed by atoms with E-state index in [2.05, 4.69) is 5.32 Å². The van der Waals surface area contributed by atoms with Crippen LogP contribution in [0.5, 0.6) is 0 Å². The number of carboxylic acid groups (broad SMARTS) is 1. The van der Waals surface area contributed by atoms with E-state index in [9.17, 15) is 14.7 Å². The first-order valence-electron chi connectivity index (χ1n) is 6.60. The largest absolute Gasteiger partial charge is 0.480 e. The highest BCUT2D eigenvalue weighted by atomic mass is 35.5. The second-order valence-corrected chi connectivity index (χ2v) is 6.51. The first kappa shape index (κ1) is 17.3. The minimum absolute atomic E-state index is 0.374. The van der Waals surface area contributed by atoms with Crippen LogP contribution in [-0.4, -0.2) is 35.1 Å². The van der Waals surface area contributed by atoms with Crippen molar-refractivity contribution < 1.29 is 14.7 Å². The third kappa shape index (κ3) is 5.27. The van der Waals surface area contributed by atoms with Crippen LogP contribution in [0.25, 0.3) is 0 Å². The van der Waals surface area contributed by atoms with Crippen LogP contribution >= 0.6 is 11.6 Å². The van der Waals surface area contributed by atoms with E-state index in [0.29, 0.717) is 11.6 Å². The normalized spacial score (nSPS) is 12.6. The second kappa shape index (κ2) is 6.80. The van der Waals surface area contributed by atoms with Crippen LogP contribution in [0.15, 0.2) is 24.3 Å². The van der Waals surface area contributed by atoms with Crippen LogP contribution in [0.2, 0.25) is 5.02 Å². The van der Waals surface area contributed by atoms with E-state index in [1.807, 2.05) is 12.1 Å². The Morgan fingerprint density at radius 3 is 2.24 bits per heavy atom. The van der Waals surface area contributed by atoms with Crippen LogP contribution in [0, 0.1) is 5.41 Å². The molecular weight excluding hydrogens is 292 g/mol. The van der Waals surface area contributed by atoms with Crippen molar-refractivity contribution in [3.63, 3.8) is 0 Å². The van der Waals surface area contributed by atoms with Crippen molar-refractivity contribution in [3.05, 3.63) is 34.9 Å². The third-order valence-corrected chi connectivity index (χ3v) is 3.31. The summed E-state index contributed by atoms with van der Waals surface area (Å²) in [5.74, 6) is -1.05. The summed E-state index contributed by atoms with van der Waals surface area (Å²) in [6.07, 6.45) is 0. The van der Waals surface area contributed by atoms with Gasteiger partial charge in [-0.3, -0.25) is 0 Å². The summed E-state index contributed by atoms with van der Waals surface area (Å²) in [5, 5.41) is 12.4. The lowest BCUT2D eigenvalue weighted by Crippen LogP contribution is -2.52. The Labute approximate surface area is 129 Å². The molecule has 6 heteroatoms. The fourth-order valence-corrected chi connectivity index (χ4v) is 1.94. The fourth-order valence-electron chi connectivity index (χ4n) is 1.82. The Hall–Kier alpha value is -1.75. The molecule has 1 aromatic rings. The average molecular weight is 313 g/mol. The van der Waals surface area contributed by atoms with Crippen molar-refractivity contribution in [2.45, 2.75) is 33.4 Å². The minimum atomic E-state index is -1.05. The van der Waals surface area contributed by atoms with Gasteiger partial charge in [-0.05, 0) is 23.1 Å². The lowest BCUT2D eigenvalue weighted by Gasteiger charge is -2.29. The predicted octanol–water partition coefficient (Wildman–Crippen LogP) is 2.98. The van der Waals surface area contributed by atoms with Crippen LogP contribution in [0.4, 0.5) is 4.79 Å².